The number of carbonyl (C=O) groups is 7. The number of carboxylic acid groups (broad SMARTS) is 1. The van der Waals surface area contributed by atoms with E-state index < -0.39 is 12.2 Å². The van der Waals surface area contributed by atoms with Gasteiger partial charge in [0.15, 0.2) is 54.5 Å². The summed E-state index contributed by atoms with van der Waals surface area (Å²) < 4.78 is 40.9. The summed E-state index contributed by atoms with van der Waals surface area (Å²) in [6, 6.07) is 29.2. The maximum absolute atomic E-state index is 14.0. The number of rotatable bonds is 15. The van der Waals surface area contributed by atoms with Crippen molar-refractivity contribution in [3.05, 3.63) is 140 Å². The van der Waals surface area contributed by atoms with E-state index in [1.165, 1.54) is 32.1 Å². The molecule has 26 nitrogen and oxygen atoms in total. The number of nitrogens with one attached hydrogen (secondary N) is 7. The highest BCUT2D eigenvalue weighted by Gasteiger charge is 2.40. The summed E-state index contributed by atoms with van der Waals surface area (Å²) >= 11 is 12.4. The normalized spacial score (nSPS) is 23.7. The Morgan fingerprint density at radius 1 is 0.552 bits per heavy atom. The summed E-state index contributed by atoms with van der Waals surface area (Å²) in [4.78, 5) is 97.9. The quantitative estimate of drug-likeness (QED) is 0.0421. The van der Waals surface area contributed by atoms with Gasteiger partial charge in [-0.2, -0.15) is 0 Å². The van der Waals surface area contributed by atoms with E-state index in [0.29, 0.717) is 121 Å². The molecule has 502 valence electrons. The summed E-state index contributed by atoms with van der Waals surface area (Å²) in [5.74, 6) is 3.57. The van der Waals surface area contributed by atoms with Gasteiger partial charge in [-0.15, -0.1) is 0 Å². The Morgan fingerprint density at radius 3 is 1.67 bits per heavy atom. The first-order valence-electron chi connectivity index (χ1n) is 32.0. The van der Waals surface area contributed by atoms with Crippen molar-refractivity contribution >= 4 is 100 Å². The van der Waals surface area contributed by atoms with Gasteiger partial charge >= 0.3 is 12.2 Å². The number of halogens is 3. The SMILES string of the molecule is O=C1COc2ccc(N3CC(CNC4Cc5ccc(Cl)cc5C4)OC3=O)nc2N1.O=C1COc2ccc(N3CC(CNCCC4Cc5cccc(Cl)c5C4)OC3=O)nc2N1.O=C1COc2ccc(N3C[C@@H](NC4CC(NC5Cc6cccc(F)c6C5)C4)CC3=O)nc2N1.O=CO. The Bertz CT molecular complexity index is 4000. The number of anilines is 6. The minimum Gasteiger partial charge on any atom is -0.483 e. The minimum atomic E-state index is -0.450. The van der Waals surface area contributed by atoms with Crippen LogP contribution in [0.3, 0.4) is 0 Å². The summed E-state index contributed by atoms with van der Waals surface area (Å²) in [6.07, 6.45) is 7.60. The van der Waals surface area contributed by atoms with E-state index in [1.807, 2.05) is 30.3 Å². The van der Waals surface area contributed by atoms with Crippen molar-refractivity contribution in [1.82, 2.24) is 36.2 Å². The monoisotopic (exact) mass is 1350 g/mol. The fourth-order valence-electron chi connectivity index (χ4n) is 13.8. The van der Waals surface area contributed by atoms with Crippen LogP contribution in [-0.4, -0.2) is 164 Å². The number of benzene rings is 3. The van der Waals surface area contributed by atoms with Gasteiger partial charge in [0.2, 0.25) is 5.91 Å². The zero-order valence-electron chi connectivity index (χ0n) is 52.0. The Kier molecular flexibility index (Phi) is 19.8. The third-order valence-electron chi connectivity index (χ3n) is 18.4. The average Bonchev–Trinajstić information content (AvgIpc) is 1.61. The molecule has 0 spiro atoms. The third-order valence-corrected chi connectivity index (χ3v) is 18.9. The molecule has 6 aliphatic heterocycles. The Labute approximate surface area is 560 Å². The Balaban J connectivity index is 0.000000128. The van der Waals surface area contributed by atoms with Crippen molar-refractivity contribution in [1.29, 1.82) is 0 Å². The molecule has 5 unspecified atom stereocenters. The summed E-state index contributed by atoms with van der Waals surface area (Å²) in [5, 5.41) is 30.7. The fourth-order valence-corrected chi connectivity index (χ4v) is 14.2. The van der Waals surface area contributed by atoms with E-state index in [2.05, 4.69) is 64.3 Å². The summed E-state index contributed by atoms with van der Waals surface area (Å²) in [7, 11) is 0. The number of pyridine rings is 3. The molecule has 3 aromatic heterocycles. The van der Waals surface area contributed by atoms with Gasteiger partial charge in [-0.05, 0) is 164 Å². The molecule has 0 radical (unpaired) electrons. The number of ether oxygens (including phenoxy) is 5. The lowest BCUT2D eigenvalue weighted by Crippen LogP contribution is -2.56. The van der Waals surface area contributed by atoms with E-state index in [4.69, 9.17) is 56.8 Å². The molecule has 29 heteroatoms. The molecule has 0 bridgehead atoms. The number of amides is 6. The van der Waals surface area contributed by atoms with E-state index in [0.717, 1.165) is 85.5 Å². The molecule has 8 N–H and O–H groups in total. The van der Waals surface area contributed by atoms with Gasteiger partial charge in [0.05, 0.1) is 13.1 Å². The van der Waals surface area contributed by atoms with Crippen LogP contribution in [-0.2, 0) is 72.0 Å². The second-order valence-electron chi connectivity index (χ2n) is 25.1. The van der Waals surface area contributed by atoms with Crippen LogP contribution in [0.2, 0.25) is 10.0 Å². The molecule has 6 atom stereocenters. The standard InChI is InChI=1S/C24H26FN5O3.C22H23ClN4O4.C20H19ClN4O4.CH2O2/c25-19-3-1-2-13-6-14(9-18(13)19)26-15-7-16(8-15)27-17-10-23(32)30(11-17)21-5-4-20-24(28-21)29-22(31)12-33-20;23-17-3-1-2-14-8-13(9-16(14)17)6-7-24-10-15-11-27(22(29)31-15)19-5-4-18-21(25-19)26-20(28)12-30-18;21-13-2-1-11-6-14(7-12(11)5-13)22-8-15-9-25(20(27)29-15)17-4-3-16-19(23-17)24-18(26)10-28-16;2-1-3/h1-5,14-17,26-27H,6-12H2,(H,28,29,31);1-5,13,15,24H,6-12H2,(H,25,26,28);1-5,14-15,22H,6-10H2,(H,23,24,26);1H,(H,2,3)/t14?,15?,16?,17-;;;/m0.../s1. The van der Waals surface area contributed by atoms with Crippen molar-refractivity contribution in [2.24, 2.45) is 5.92 Å². The van der Waals surface area contributed by atoms with E-state index >= 15 is 0 Å². The number of aromatic nitrogens is 3. The highest BCUT2D eigenvalue weighted by molar-refractivity contribution is 6.31. The molecular weight excluding hydrogens is 1280 g/mol. The molecule has 1 saturated carbocycles. The molecule has 9 heterocycles. The number of hydrogen-bond acceptors (Lipinski definition) is 19. The molecule has 16 rings (SSSR count). The van der Waals surface area contributed by atoms with E-state index in [-0.39, 0.29) is 74.0 Å². The van der Waals surface area contributed by atoms with Gasteiger partial charge < -0.3 is 66.0 Å². The second kappa shape index (κ2) is 29.0. The predicted molar refractivity (Wildman–Crippen MR) is 351 cm³/mol. The number of fused-ring (bicyclic) bond motifs is 6. The number of cyclic esters (lactones) is 2. The van der Waals surface area contributed by atoms with Gasteiger partial charge in [0.1, 0.15) is 35.5 Å². The summed E-state index contributed by atoms with van der Waals surface area (Å²) in [6.45, 7) is 2.97. The molecule has 3 aromatic carbocycles. The first-order valence-corrected chi connectivity index (χ1v) is 32.7. The maximum Gasteiger partial charge on any atom is 0.416 e. The van der Waals surface area contributed by atoms with Gasteiger partial charge in [-0.25, -0.2) is 28.9 Å². The van der Waals surface area contributed by atoms with Crippen molar-refractivity contribution in [2.45, 2.75) is 107 Å². The molecule has 4 aliphatic carbocycles. The zero-order valence-corrected chi connectivity index (χ0v) is 53.5. The van der Waals surface area contributed by atoms with E-state index in [9.17, 15) is 33.2 Å². The number of nitrogens with zero attached hydrogens (tertiary/aromatic N) is 6. The predicted octanol–water partition coefficient (Wildman–Crippen LogP) is 6.17. The Morgan fingerprint density at radius 2 is 1.08 bits per heavy atom. The topological polar surface area (TPSA) is 318 Å². The van der Waals surface area contributed by atoms with Crippen LogP contribution in [0.15, 0.2) is 91.0 Å². The first-order chi connectivity index (χ1) is 46.5. The Hall–Kier alpha value is -9.25. The lowest BCUT2D eigenvalue weighted by molar-refractivity contribution is -0.123. The van der Waals surface area contributed by atoms with Crippen LogP contribution in [0.1, 0.15) is 59.1 Å². The molecule has 6 aromatic rings. The van der Waals surface area contributed by atoms with Gasteiger partial charge in [0, 0.05) is 66.3 Å². The average molecular weight is 1360 g/mol. The van der Waals surface area contributed by atoms with Crippen LogP contribution in [0.4, 0.5) is 48.9 Å². The smallest absolute Gasteiger partial charge is 0.416 e. The molecule has 6 amide bonds. The maximum atomic E-state index is 14.0. The highest BCUT2D eigenvalue weighted by Crippen LogP contribution is 2.37. The summed E-state index contributed by atoms with van der Waals surface area (Å²) in [5.41, 5.74) is 7.19. The van der Waals surface area contributed by atoms with Crippen LogP contribution < -0.4 is 66.1 Å². The lowest BCUT2D eigenvalue weighted by atomic mass is 9.85. The first kappa shape index (κ1) is 65.4. The third kappa shape index (κ3) is 15.2. The fraction of sp³-hybridized carbons (Fsp3) is 0.403. The van der Waals surface area contributed by atoms with Crippen LogP contribution in [0.5, 0.6) is 17.2 Å². The van der Waals surface area contributed by atoms with E-state index in [1.54, 1.807) is 53.4 Å². The molecule has 96 heavy (non-hydrogen) atoms. The molecular formula is C67H70Cl2FN13O13. The van der Waals surface area contributed by atoms with Gasteiger partial charge in [-0.3, -0.25) is 38.7 Å². The second-order valence-corrected chi connectivity index (χ2v) is 25.9. The minimum absolute atomic E-state index is 0.0164. The lowest BCUT2D eigenvalue weighted by Gasteiger charge is -2.39. The van der Waals surface area contributed by atoms with Crippen LogP contribution >= 0.6 is 23.2 Å². The van der Waals surface area contributed by atoms with Crippen molar-refractivity contribution in [3.63, 3.8) is 0 Å². The van der Waals surface area contributed by atoms with Gasteiger partial charge in [0.25, 0.3) is 24.2 Å². The van der Waals surface area contributed by atoms with Gasteiger partial charge in [-0.1, -0.05) is 53.5 Å². The number of hydrogen-bond donors (Lipinski definition) is 8. The van der Waals surface area contributed by atoms with Crippen molar-refractivity contribution in [3.8, 4) is 17.2 Å². The zero-order chi connectivity index (χ0) is 66.6. The molecule has 3 saturated heterocycles. The van der Waals surface area contributed by atoms with Crippen LogP contribution in [0.25, 0.3) is 0 Å². The number of carbonyl (C=O) groups excluding carboxylic acids is 6. The van der Waals surface area contributed by atoms with Crippen LogP contribution in [0, 0.1) is 11.7 Å². The molecule has 4 fully saturated rings. The molecule has 10 aliphatic rings. The highest BCUT2D eigenvalue weighted by atomic mass is 35.5. The largest absolute Gasteiger partial charge is 0.483 e. The van der Waals surface area contributed by atoms with Crippen molar-refractivity contribution in [2.75, 3.05) is 89.7 Å². The van der Waals surface area contributed by atoms with Crippen molar-refractivity contribution < 1.29 is 66.7 Å².